The maximum atomic E-state index is 5.44. The van der Waals surface area contributed by atoms with Crippen LogP contribution in [-0.4, -0.2) is 17.8 Å². The molecule has 73 valence electrons. The molecule has 0 amide bonds. The maximum absolute atomic E-state index is 5.44. The largest absolute Gasteiger partial charge is 0.373 e. The second-order valence-corrected chi connectivity index (χ2v) is 4.82. The summed E-state index contributed by atoms with van der Waals surface area (Å²) in [5.74, 6) is 0. The SMILES string of the molecule is CC(C)(C)O[CH]COC(C)(C)C. The smallest absolute Gasteiger partial charge is 0.110 e. The lowest BCUT2D eigenvalue weighted by Crippen LogP contribution is -2.23. The first-order valence-corrected chi connectivity index (χ1v) is 4.34. The normalized spacial score (nSPS) is 13.5. The molecule has 0 aromatic heterocycles. The summed E-state index contributed by atoms with van der Waals surface area (Å²) >= 11 is 0. The van der Waals surface area contributed by atoms with Gasteiger partial charge in [0.1, 0.15) is 6.61 Å². The summed E-state index contributed by atoms with van der Waals surface area (Å²) in [5.41, 5.74) is -0.195. The van der Waals surface area contributed by atoms with E-state index in [9.17, 15) is 0 Å². The summed E-state index contributed by atoms with van der Waals surface area (Å²) in [6, 6.07) is 0. The molecule has 0 saturated heterocycles. The molecule has 0 fully saturated rings. The molecule has 0 saturated carbocycles. The highest BCUT2D eigenvalue weighted by Crippen LogP contribution is 2.11. The fourth-order valence-corrected chi connectivity index (χ4v) is 0.568. The first-order chi connectivity index (χ1) is 5.21. The minimum atomic E-state index is -0.110. The van der Waals surface area contributed by atoms with E-state index in [1.54, 1.807) is 6.61 Å². The average molecular weight is 173 g/mol. The van der Waals surface area contributed by atoms with E-state index >= 15 is 0 Å². The zero-order valence-electron chi connectivity index (χ0n) is 9.10. The van der Waals surface area contributed by atoms with Crippen LogP contribution >= 0.6 is 0 Å². The van der Waals surface area contributed by atoms with Gasteiger partial charge in [0.15, 0.2) is 0 Å². The molecule has 1 radical (unpaired) electrons. The lowest BCUT2D eigenvalue weighted by molar-refractivity contribution is -0.0398. The van der Waals surface area contributed by atoms with Gasteiger partial charge >= 0.3 is 0 Å². The van der Waals surface area contributed by atoms with E-state index in [2.05, 4.69) is 0 Å². The van der Waals surface area contributed by atoms with Gasteiger partial charge in [-0.25, -0.2) is 0 Å². The van der Waals surface area contributed by atoms with E-state index < -0.39 is 0 Å². The zero-order chi connectivity index (χ0) is 9.83. The molecule has 0 spiro atoms. The third-order valence-electron chi connectivity index (χ3n) is 1.02. The number of hydrogen-bond acceptors (Lipinski definition) is 2. The Morgan fingerprint density at radius 1 is 0.917 bits per heavy atom. The second-order valence-electron chi connectivity index (χ2n) is 4.82. The van der Waals surface area contributed by atoms with Gasteiger partial charge in [0.2, 0.25) is 0 Å². The molecule has 0 aromatic carbocycles. The van der Waals surface area contributed by atoms with Crippen molar-refractivity contribution in [1.82, 2.24) is 0 Å². The van der Waals surface area contributed by atoms with E-state index in [-0.39, 0.29) is 11.2 Å². The highest BCUT2D eigenvalue weighted by molar-refractivity contribution is 4.65. The van der Waals surface area contributed by atoms with Crippen LogP contribution in [0.1, 0.15) is 41.5 Å². The van der Waals surface area contributed by atoms with Crippen molar-refractivity contribution in [2.24, 2.45) is 0 Å². The molecule has 0 aliphatic rings. The van der Waals surface area contributed by atoms with Gasteiger partial charge in [-0.1, -0.05) is 0 Å². The van der Waals surface area contributed by atoms with Crippen molar-refractivity contribution in [1.29, 1.82) is 0 Å². The Kier molecular flexibility index (Phi) is 4.21. The van der Waals surface area contributed by atoms with E-state index in [4.69, 9.17) is 9.47 Å². The second kappa shape index (κ2) is 4.24. The molecule has 0 rings (SSSR count). The topological polar surface area (TPSA) is 18.5 Å². The molecular weight excluding hydrogens is 152 g/mol. The molecule has 2 heteroatoms. The fraction of sp³-hybridized carbons (Fsp3) is 0.900. The van der Waals surface area contributed by atoms with Crippen LogP contribution < -0.4 is 0 Å². The Morgan fingerprint density at radius 2 is 1.42 bits per heavy atom. The van der Waals surface area contributed by atoms with Gasteiger partial charge in [-0.05, 0) is 41.5 Å². The summed E-state index contributed by atoms with van der Waals surface area (Å²) in [4.78, 5) is 0. The van der Waals surface area contributed by atoms with Gasteiger partial charge in [0.05, 0.1) is 17.8 Å². The Morgan fingerprint density at radius 3 is 1.75 bits per heavy atom. The van der Waals surface area contributed by atoms with Crippen LogP contribution in [0.5, 0.6) is 0 Å². The molecule has 0 atom stereocenters. The van der Waals surface area contributed by atoms with Crippen LogP contribution in [0.15, 0.2) is 0 Å². The predicted octanol–water partition coefficient (Wildman–Crippen LogP) is 2.78. The van der Waals surface area contributed by atoms with Crippen LogP contribution in [0.25, 0.3) is 0 Å². The summed E-state index contributed by atoms with van der Waals surface area (Å²) in [7, 11) is 0. The van der Waals surface area contributed by atoms with Gasteiger partial charge in [-0.3, -0.25) is 0 Å². The Labute approximate surface area is 76.3 Å². The van der Waals surface area contributed by atoms with Gasteiger partial charge in [0, 0.05) is 0 Å². The Hall–Kier alpha value is -0.0800. The van der Waals surface area contributed by atoms with Gasteiger partial charge in [-0.2, -0.15) is 0 Å². The van der Waals surface area contributed by atoms with Crippen LogP contribution in [0.2, 0.25) is 0 Å². The van der Waals surface area contributed by atoms with E-state index in [0.29, 0.717) is 6.61 Å². The molecule has 0 N–H and O–H groups in total. The molecule has 0 aliphatic carbocycles. The van der Waals surface area contributed by atoms with Crippen molar-refractivity contribution in [3.8, 4) is 0 Å². The highest BCUT2D eigenvalue weighted by Gasteiger charge is 2.12. The van der Waals surface area contributed by atoms with Crippen LogP contribution in [0.4, 0.5) is 0 Å². The molecule has 0 aliphatic heterocycles. The van der Waals surface area contributed by atoms with Crippen molar-refractivity contribution in [2.75, 3.05) is 6.61 Å². The lowest BCUT2D eigenvalue weighted by atomic mass is 10.2. The van der Waals surface area contributed by atoms with Crippen LogP contribution in [0.3, 0.4) is 0 Å². The van der Waals surface area contributed by atoms with Crippen LogP contribution in [-0.2, 0) is 9.47 Å². The average Bonchev–Trinajstić information content (AvgIpc) is 1.76. The van der Waals surface area contributed by atoms with Crippen molar-refractivity contribution in [3.63, 3.8) is 0 Å². The van der Waals surface area contributed by atoms with Crippen LogP contribution in [0, 0.1) is 6.61 Å². The quantitative estimate of drug-likeness (QED) is 0.611. The highest BCUT2D eigenvalue weighted by atomic mass is 16.5. The maximum Gasteiger partial charge on any atom is 0.110 e. The van der Waals surface area contributed by atoms with Crippen molar-refractivity contribution < 1.29 is 9.47 Å². The minimum Gasteiger partial charge on any atom is -0.373 e. The third kappa shape index (κ3) is 9.92. The standard InChI is InChI=1S/C10H21O2/c1-9(2,3)11-7-8-12-10(4,5)6/h7H,8H2,1-6H3. The van der Waals surface area contributed by atoms with E-state index in [0.717, 1.165) is 0 Å². The number of hydrogen-bond donors (Lipinski definition) is 0. The monoisotopic (exact) mass is 173 g/mol. The number of rotatable bonds is 3. The molecule has 0 bridgehead atoms. The molecular formula is C10H21O2. The molecule has 0 heterocycles. The minimum absolute atomic E-state index is 0.0856. The Bertz CT molecular complexity index is 101. The van der Waals surface area contributed by atoms with Crippen molar-refractivity contribution in [3.05, 3.63) is 6.61 Å². The van der Waals surface area contributed by atoms with Crippen molar-refractivity contribution in [2.45, 2.75) is 52.7 Å². The van der Waals surface area contributed by atoms with Crippen molar-refractivity contribution >= 4 is 0 Å². The summed E-state index contributed by atoms with van der Waals surface area (Å²) in [6.07, 6.45) is 0. The predicted molar refractivity (Wildman–Crippen MR) is 50.8 cm³/mol. The third-order valence-corrected chi connectivity index (χ3v) is 1.02. The van der Waals surface area contributed by atoms with Gasteiger partial charge < -0.3 is 9.47 Å². The fourth-order valence-electron chi connectivity index (χ4n) is 0.568. The first-order valence-electron chi connectivity index (χ1n) is 4.34. The molecule has 0 unspecified atom stereocenters. The first kappa shape index (κ1) is 11.9. The van der Waals surface area contributed by atoms with Gasteiger partial charge in [0.25, 0.3) is 0 Å². The Balaban J connectivity index is 3.35. The van der Waals surface area contributed by atoms with E-state index in [1.165, 1.54) is 0 Å². The zero-order valence-corrected chi connectivity index (χ0v) is 9.10. The molecule has 12 heavy (non-hydrogen) atoms. The summed E-state index contributed by atoms with van der Waals surface area (Å²) in [5, 5.41) is 0. The van der Waals surface area contributed by atoms with Gasteiger partial charge in [-0.15, -0.1) is 0 Å². The number of ether oxygens (including phenoxy) is 2. The molecule has 0 aromatic rings. The van der Waals surface area contributed by atoms with E-state index in [1.807, 2.05) is 41.5 Å². The summed E-state index contributed by atoms with van der Waals surface area (Å²) in [6.45, 7) is 14.4. The lowest BCUT2D eigenvalue weighted by Gasteiger charge is -2.22. The summed E-state index contributed by atoms with van der Waals surface area (Å²) < 4.78 is 10.8. The molecule has 2 nitrogen and oxygen atoms in total.